The molecule has 1 saturated heterocycles. The number of hydrogen-bond donors (Lipinski definition) is 1. The van der Waals surface area contributed by atoms with Crippen molar-refractivity contribution in [1.82, 2.24) is 9.78 Å². The lowest BCUT2D eigenvalue weighted by molar-refractivity contribution is -0.384. The first kappa shape index (κ1) is 14.8. The van der Waals surface area contributed by atoms with E-state index < -0.39 is 0 Å². The van der Waals surface area contributed by atoms with E-state index in [1.807, 2.05) is 13.8 Å². The lowest BCUT2D eigenvalue weighted by Crippen LogP contribution is -2.37. The molecular weight excluding hydrogens is 258 g/mol. The lowest BCUT2D eigenvalue weighted by Gasteiger charge is -2.33. The summed E-state index contributed by atoms with van der Waals surface area (Å²) in [6, 6.07) is 0.102. The van der Waals surface area contributed by atoms with Crippen LogP contribution in [0.15, 0.2) is 0 Å². The summed E-state index contributed by atoms with van der Waals surface area (Å²) in [5.41, 5.74) is 6.33. The van der Waals surface area contributed by atoms with Crippen LogP contribution in [0.1, 0.15) is 38.4 Å². The molecule has 2 rings (SSSR count). The Morgan fingerprint density at radius 2 is 2.05 bits per heavy atom. The highest BCUT2D eigenvalue weighted by atomic mass is 16.6. The highest BCUT2D eigenvalue weighted by Gasteiger charge is 2.32. The zero-order valence-corrected chi connectivity index (χ0v) is 12.4. The molecule has 2 heterocycles. The third kappa shape index (κ3) is 2.63. The van der Waals surface area contributed by atoms with E-state index in [1.54, 1.807) is 11.6 Å². The average molecular weight is 281 g/mol. The Balaban J connectivity index is 2.36. The van der Waals surface area contributed by atoms with Gasteiger partial charge in [0.15, 0.2) is 0 Å². The van der Waals surface area contributed by atoms with E-state index in [1.165, 1.54) is 0 Å². The molecule has 0 amide bonds. The van der Waals surface area contributed by atoms with Crippen LogP contribution in [-0.2, 0) is 0 Å². The Bertz CT molecular complexity index is 489. The van der Waals surface area contributed by atoms with Crippen molar-refractivity contribution < 1.29 is 4.92 Å². The Hall–Kier alpha value is -1.63. The van der Waals surface area contributed by atoms with Gasteiger partial charge >= 0.3 is 5.69 Å². The minimum absolute atomic E-state index is 0.102. The summed E-state index contributed by atoms with van der Waals surface area (Å²) in [5.74, 6) is 1.18. The number of nitrogens with zero attached hydrogens (tertiary/aromatic N) is 4. The van der Waals surface area contributed by atoms with Gasteiger partial charge in [-0.05, 0) is 46.1 Å². The van der Waals surface area contributed by atoms with Crippen LogP contribution in [0.25, 0.3) is 0 Å². The molecule has 1 aromatic rings. The van der Waals surface area contributed by atoms with Crippen molar-refractivity contribution >= 4 is 11.5 Å². The summed E-state index contributed by atoms with van der Waals surface area (Å²) in [4.78, 5) is 13.1. The van der Waals surface area contributed by atoms with Gasteiger partial charge in [0, 0.05) is 19.1 Å². The molecular formula is C13H23N5O2. The molecule has 2 N–H and O–H groups in total. The smallest absolute Gasteiger partial charge is 0.333 e. The molecule has 1 aliphatic rings. The minimum Gasteiger partial charge on any atom is -0.351 e. The maximum Gasteiger partial charge on any atom is 0.333 e. The molecule has 0 aromatic carbocycles. The summed E-state index contributed by atoms with van der Waals surface area (Å²) < 4.78 is 1.77. The zero-order valence-electron chi connectivity index (χ0n) is 12.4. The predicted molar refractivity (Wildman–Crippen MR) is 78.0 cm³/mol. The van der Waals surface area contributed by atoms with Gasteiger partial charge in [-0.25, -0.2) is 4.68 Å². The number of piperidine rings is 1. The number of nitrogens with two attached hydrogens (primary N) is 1. The van der Waals surface area contributed by atoms with Gasteiger partial charge in [-0.1, -0.05) is 0 Å². The number of aromatic nitrogens is 2. The number of aryl methyl sites for hydroxylation is 1. The molecule has 0 aliphatic carbocycles. The Morgan fingerprint density at radius 3 is 2.50 bits per heavy atom. The number of rotatable bonds is 4. The topological polar surface area (TPSA) is 90.2 Å². The van der Waals surface area contributed by atoms with Crippen LogP contribution in [0, 0.1) is 23.0 Å². The molecule has 1 aromatic heterocycles. The quantitative estimate of drug-likeness (QED) is 0.672. The number of anilines is 1. The highest BCUT2D eigenvalue weighted by Crippen LogP contribution is 2.35. The molecule has 7 heteroatoms. The fraction of sp³-hybridized carbons (Fsp3) is 0.769. The fourth-order valence-electron chi connectivity index (χ4n) is 2.78. The van der Waals surface area contributed by atoms with Crippen LogP contribution in [0.4, 0.5) is 11.5 Å². The van der Waals surface area contributed by atoms with Crippen LogP contribution < -0.4 is 10.6 Å². The van der Waals surface area contributed by atoms with E-state index in [2.05, 4.69) is 10.00 Å². The van der Waals surface area contributed by atoms with E-state index in [0.717, 1.165) is 25.9 Å². The molecule has 0 bridgehead atoms. The van der Waals surface area contributed by atoms with Gasteiger partial charge in [-0.3, -0.25) is 10.1 Å². The lowest BCUT2D eigenvalue weighted by atomic mass is 9.97. The monoisotopic (exact) mass is 281 g/mol. The van der Waals surface area contributed by atoms with Crippen LogP contribution in [0.3, 0.4) is 0 Å². The van der Waals surface area contributed by atoms with Crippen molar-refractivity contribution in [1.29, 1.82) is 0 Å². The first-order valence-corrected chi connectivity index (χ1v) is 7.14. The van der Waals surface area contributed by atoms with Crippen molar-refractivity contribution in [2.45, 2.75) is 39.7 Å². The average Bonchev–Trinajstić information content (AvgIpc) is 2.76. The molecule has 1 aliphatic heterocycles. The van der Waals surface area contributed by atoms with E-state index >= 15 is 0 Å². The minimum atomic E-state index is -0.314. The van der Waals surface area contributed by atoms with Gasteiger partial charge < -0.3 is 10.6 Å². The second-order valence-corrected chi connectivity index (χ2v) is 5.72. The van der Waals surface area contributed by atoms with Gasteiger partial charge in [-0.15, -0.1) is 0 Å². The highest BCUT2D eigenvalue weighted by molar-refractivity contribution is 5.61. The zero-order chi connectivity index (χ0) is 14.9. The van der Waals surface area contributed by atoms with Crippen molar-refractivity contribution in [3.8, 4) is 0 Å². The summed E-state index contributed by atoms with van der Waals surface area (Å²) in [6.45, 7) is 7.99. The van der Waals surface area contributed by atoms with Crippen molar-refractivity contribution in [2.24, 2.45) is 11.7 Å². The summed E-state index contributed by atoms with van der Waals surface area (Å²) in [5, 5.41) is 15.7. The van der Waals surface area contributed by atoms with Crippen LogP contribution in [-0.4, -0.2) is 34.3 Å². The van der Waals surface area contributed by atoms with Gasteiger partial charge in [0.2, 0.25) is 5.82 Å². The fourth-order valence-corrected chi connectivity index (χ4v) is 2.78. The third-order valence-electron chi connectivity index (χ3n) is 3.95. The number of hydrogen-bond acceptors (Lipinski definition) is 5. The third-order valence-corrected chi connectivity index (χ3v) is 3.95. The summed E-state index contributed by atoms with van der Waals surface area (Å²) in [6.07, 6.45) is 1.96. The molecule has 0 unspecified atom stereocenters. The van der Waals surface area contributed by atoms with Crippen molar-refractivity contribution in [3.05, 3.63) is 15.8 Å². The predicted octanol–water partition coefficient (Wildman–Crippen LogP) is 1.86. The molecule has 112 valence electrons. The van der Waals surface area contributed by atoms with Gasteiger partial charge in [0.05, 0.1) is 4.92 Å². The Morgan fingerprint density at radius 1 is 1.45 bits per heavy atom. The van der Waals surface area contributed by atoms with Gasteiger partial charge in [0.1, 0.15) is 5.69 Å². The van der Waals surface area contributed by atoms with Crippen molar-refractivity contribution in [3.63, 3.8) is 0 Å². The molecule has 0 atom stereocenters. The molecule has 7 nitrogen and oxygen atoms in total. The van der Waals surface area contributed by atoms with Gasteiger partial charge in [0.25, 0.3) is 0 Å². The second kappa shape index (κ2) is 5.78. The summed E-state index contributed by atoms with van der Waals surface area (Å²) in [7, 11) is 0. The maximum absolute atomic E-state index is 11.3. The second-order valence-electron chi connectivity index (χ2n) is 5.72. The van der Waals surface area contributed by atoms with Crippen LogP contribution in [0.5, 0.6) is 0 Å². The van der Waals surface area contributed by atoms with Crippen molar-refractivity contribution in [2.75, 3.05) is 24.5 Å². The normalized spacial score (nSPS) is 16.9. The number of nitro groups is 1. The molecule has 0 radical (unpaired) electrons. The first-order chi connectivity index (χ1) is 9.45. The molecule has 20 heavy (non-hydrogen) atoms. The Kier molecular flexibility index (Phi) is 4.27. The summed E-state index contributed by atoms with van der Waals surface area (Å²) >= 11 is 0. The molecule has 0 saturated carbocycles. The van der Waals surface area contributed by atoms with E-state index in [-0.39, 0.29) is 16.7 Å². The first-order valence-electron chi connectivity index (χ1n) is 7.14. The van der Waals surface area contributed by atoms with E-state index in [0.29, 0.717) is 24.0 Å². The molecule has 0 spiro atoms. The Labute approximate surface area is 118 Å². The molecule has 1 fully saturated rings. The maximum atomic E-state index is 11.3. The van der Waals surface area contributed by atoms with E-state index in [9.17, 15) is 10.1 Å². The van der Waals surface area contributed by atoms with Crippen LogP contribution in [0.2, 0.25) is 0 Å². The SMILES string of the molecule is Cc1nn(C(C)C)c(N2CCC(CN)CC2)c1[N+](=O)[O-]. The standard InChI is InChI=1S/C13H23N5O2/c1-9(2)17-13(12(18(19)20)10(3)15-17)16-6-4-11(8-14)5-7-16/h9,11H,4-8,14H2,1-3H3. The van der Waals surface area contributed by atoms with Crippen LogP contribution >= 0.6 is 0 Å². The van der Waals surface area contributed by atoms with E-state index in [4.69, 9.17) is 5.73 Å². The van der Waals surface area contributed by atoms with Gasteiger partial charge in [-0.2, -0.15) is 5.10 Å². The largest absolute Gasteiger partial charge is 0.351 e.